The van der Waals surface area contributed by atoms with Crippen molar-refractivity contribution in [3.8, 4) is 0 Å². The molecule has 0 spiro atoms. The van der Waals surface area contributed by atoms with E-state index in [2.05, 4.69) is 26.7 Å². The summed E-state index contributed by atoms with van der Waals surface area (Å²) in [6.45, 7) is 3.57. The van der Waals surface area contributed by atoms with E-state index in [9.17, 15) is 14.4 Å². The zero-order valence-corrected chi connectivity index (χ0v) is 22.2. The van der Waals surface area contributed by atoms with Crippen LogP contribution in [0.1, 0.15) is 76.7 Å². The van der Waals surface area contributed by atoms with Crippen molar-refractivity contribution in [3.05, 3.63) is 75.6 Å². The third-order valence-electron chi connectivity index (χ3n) is 7.30. The second kappa shape index (κ2) is 11.4. The maximum absolute atomic E-state index is 13.4. The molecule has 1 saturated heterocycles. The minimum Gasteiger partial charge on any atom is -0.342 e. The molecule has 38 heavy (non-hydrogen) atoms. The summed E-state index contributed by atoms with van der Waals surface area (Å²) in [5, 5.41) is 6.49. The first-order chi connectivity index (χ1) is 18.4. The Bertz CT molecular complexity index is 1410. The molecule has 0 saturated carbocycles. The molecule has 1 aliphatic carbocycles. The van der Waals surface area contributed by atoms with E-state index in [1.54, 1.807) is 35.2 Å². The number of allylic oxidation sites excluding steroid dienone is 2. The topological polar surface area (TPSA) is 107 Å². The summed E-state index contributed by atoms with van der Waals surface area (Å²) < 4.78 is 0. The van der Waals surface area contributed by atoms with Crippen LogP contribution < -0.4 is 10.6 Å². The minimum atomic E-state index is -0.458. The molecule has 1 aromatic heterocycles. The van der Waals surface area contributed by atoms with Gasteiger partial charge < -0.3 is 20.5 Å². The maximum atomic E-state index is 13.4. The van der Waals surface area contributed by atoms with Gasteiger partial charge in [-0.15, -0.1) is 0 Å². The van der Waals surface area contributed by atoms with Crippen LogP contribution in [0.5, 0.6) is 0 Å². The van der Waals surface area contributed by atoms with E-state index in [0.717, 1.165) is 54.3 Å². The second-order valence-corrected chi connectivity index (χ2v) is 10.4. The Morgan fingerprint density at radius 2 is 2.03 bits per heavy atom. The molecule has 9 heteroatoms. The Balaban J connectivity index is 1.35. The van der Waals surface area contributed by atoms with Gasteiger partial charge in [0.1, 0.15) is 5.82 Å². The highest BCUT2D eigenvalue weighted by Crippen LogP contribution is 2.25. The fourth-order valence-corrected chi connectivity index (χ4v) is 5.32. The number of rotatable bonds is 8. The summed E-state index contributed by atoms with van der Waals surface area (Å²) >= 11 is 6.15. The van der Waals surface area contributed by atoms with Gasteiger partial charge in [-0.2, -0.15) is 0 Å². The number of ketones is 1. The van der Waals surface area contributed by atoms with Crippen molar-refractivity contribution in [1.82, 2.24) is 25.5 Å². The number of amides is 3. The monoisotopic (exact) mass is 533 g/mol. The summed E-state index contributed by atoms with van der Waals surface area (Å²) in [4.78, 5) is 48.3. The fourth-order valence-electron chi connectivity index (χ4n) is 5.15. The number of H-pyrrole nitrogens is 1. The molecule has 2 aromatic carbocycles. The lowest BCUT2D eigenvalue weighted by Crippen LogP contribution is -2.34. The van der Waals surface area contributed by atoms with Gasteiger partial charge in [0.2, 0.25) is 0 Å². The number of Topliss-reactive ketones (excluding diaryl/α,β-unsaturated/α-hetero) is 1. The predicted molar refractivity (Wildman–Crippen MR) is 148 cm³/mol. The van der Waals surface area contributed by atoms with Crippen LogP contribution >= 0.6 is 11.6 Å². The third kappa shape index (κ3) is 5.75. The Hall–Kier alpha value is -3.65. The Kier molecular flexibility index (Phi) is 7.79. The standard InChI is InChI=1S/C29H32ClN5O3/c1-18-16-20(8-10-22(18)26(36)19-6-4-2-3-5-7-19)28(37)34-24(12-14-35-15-13-31-29(35)38)27-32-23-11-9-21(30)17-25(23)33-27/h6,8-11,16-17,24H,2-5,7,12-15H2,1H3,(H,31,38)(H,32,33)(H,34,37)/t24-/m0/s1. The number of aromatic amines is 1. The van der Waals surface area contributed by atoms with Gasteiger partial charge in [-0.3, -0.25) is 9.59 Å². The normalized spacial score (nSPS) is 16.6. The van der Waals surface area contributed by atoms with Crippen molar-refractivity contribution >= 4 is 40.4 Å². The molecule has 5 rings (SSSR count). The molecule has 3 N–H and O–H groups in total. The van der Waals surface area contributed by atoms with Gasteiger partial charge in [-0.1, -0.05) is 24.1 Å². The van der Waals surface area contributed by atoms with Crippen LogP contribution in [-0.4, -0.2) is 52.2 Å². The number of nitrogens with one attached hydrogen (secondary N) is 3. The molecule has 0 radical (unpaired) electrons. The molecular formula is C29H32ClN5O3. The number of benzene rings is 2. The number of halogens is 1. The average Bonchev–Trinajstić information content (AvgIpc) is 3.40. The number of hydrogen-bond acceptors (Lipinski definition) is 4. The SMILES string of the molecule is Cc1cc(C(=O)N[C@@H](CCN2CCNC2=O)c2nc3ccc(Cl)cc3[nH]2)ccc1C(=O)C1=CCCCCC1. The van der Waals surface area contributed by atoms with Gasteiger partial charge in [0.15, 0.2) is 5.78 Å². The van der Waals surface area contributed by atoms with E-state index in [1.807, 2.05) is 13.0 Å². The summed E-state index contributed by atoms with van der Waals surface area (Å²) in [7, 11) is 0. The van der Waals surface area contributed by atoms with Gasteiger partial charge in [0, 0.05) is 35.8 Å². The van der Waals surface area contributed by atoms with Gasteiger partial charge in [0.25, 0.3) is 5.91 Å². The molecule has 1 aliphatic heterocycles. The van der Waals surface area contributed by atoms with Crippen molar-refractivity contribution in [2.24, 2.45) is 0 Å². The van der Waals surface area contributed by atoms with Crippen molar-refractivity contribution in [2.45, 2.75) is 51.5 Å². The van der Waals surface area contributed by atoms with E-state index in [0.29, 0.717) is 48.0 Å². The second-order valence-electron chi connectivity index (χ2n) is 10.0. The molecule has 3 amide bonds. The molecular weight excluding hydrogens is 502 g/mol. The zero-order valence-electron chi connectivity index (χ0n) is 21.5. The van der Waals surface area contributed by atoms with Gasteiger partial charge >= 0.3 is 6.03 Å². The van der Waals surface area contributed by atoms with E-state index in [4.69, 9.17) is 11.6 Å². The molecule has 198 valence electrons. The number of carbonyl (C=O) groups excluding carboxylic acids is 3. The van der Waals surface area contributed by atoms with E-state index < -0.39 is 6.04 Å². The van der Waals surface area contributed by atoms with Crippen LogP contribution in [0.2, 0.25) is 5.02 Å². The van der Waals surface area contributed by atoms with E-state index in [1.165, 1.54) is 0 Å². The van der Waals surface area contributed by atoms with Crippen molar-refractivity contribution in [1.29, 1.82) is 0 Å². The average molecular weight is 534 g/mol. The van der Waals surface area contributed by atoms with Crippen LogP contribution in [0.15, 0.2) is 48.0 Å². The van der Waals surface area contributed by atoms with Crippen LogP contribution in [0.25, 0.3) is 11.0 Å². The first-order valence-electron chi connectivity index (χ1n) is 13.2. The lowest BCUT2D eigenvalue weighted by molar-refractivity contribution is 0.0929. The predicted octanol–water partition coefficient (Wildman–Crippen LogP) is 5.48. The van der Waals surface area contributed by atoms with E-state index in [-0.39, 0.29) is 17.7 Å². The Morgan fingerprint density at radius 1 is 1.16 bits per heavy atom. The molecule has 1 fully saturated rings. The number of carbonyl (C=O) groups is 3. The summed E-state index contributed by atoms with van der Waals surface area (Å²) in [6, 6.07) is 10.1. The largest absolute Gasteiger partial charge is 0.342 e. The van der Waals surface area contributed by atoms with Gasteiger partial charge in [0.05, 0.1) is 17.1 Å². The summed E-state index contributed by atoms with van der Waals surface area (Å²) in [5.41, 5.74) is 4.28. The van der Waals surface area contributed by atoms with Crippen molar-refractivity contribution in [3.63, 3.8) is 0 Å². The highest BCUT2D eigenvalue weighted by Gasteiger charge is 2.25. The fraction of sp³-hybridized carbons (Fsp3) is 0.379. The number of aryl methyl sites for hydroxylation is 1. The first kappa shape index (κ1) is 26.0. The lowest BCUT2D eigenvalue weighted by atomic mass is 9.94. The number of nitrogens with zero attached hydrogens (tertiary/aromatic N) is 2. The molecule has 2 aliphatic rings. The smallest absolute Gasteiger partial charge is 0.317 e. The first-order valence-corrected chi connectivity index (χ1v) is 13.6. The molecule has 0 bridgehead atoms. The molecule has 0 unspecified atom stereocenters. The molecule has 3 aromatic rings. The van der Waals surface area contributed by atoms with Crippen molar-refractivity contribution in [2.75, 3.05) is 19.6 Å². The van der Waals surface area contributed by atoms with Crippen LogP contribution in [0, 0.1) is 6.92 Å². The lowest BCUT2D eigenvalue weighted by Gasteiger charge is -2.21. The number of aromatic nitrogens is 2. The Labute approximate surface area is 226 Å². The van der Waals surface area contributed by atoms with Gasteiger partial charge in [-0.05, 0) is 86.6 Å². The third-order valence-corrected chi connectivity index (χ3v) is 7.53. The minimum absolute atomic E-state index is 0.0547. The zero-order chi connectivity index (χ0) is 26.6. The quantitative estimate of drug-likeness (QED) is 0.333. The highest BCUT2D eigenvalue weighted by molar-refractivity contribution is 6.31. The molecule has 1 atom stereocenters. The molecule has 8 nitrogen and oxygen atoms in total. The van der Waals surface area contributed by atoms with Crippen LogP contribution in [-0.2, 0) is 0 Å². The molecule has 2 heterocycles. The summed E-state index contributed by atoms with van der Waals surface area (Å²) in [6.07, 6.45) is 7.60. The number of imidazole rings is 1. The Morgan fingerprint density at radius 3 is 2.82 bits per heavy atom. The highest BCUT2D eigenvalue weighted by atomic mass is 35.5. The van der Waals surface area contributed by atoms with Crippen LogP contribution in [0.3, 0.4) is 0 Å². The van der Waals surface area contributed by atoms with Gasteiger partial charge in [-0.25, -0.2) is 9.78 Å². The number of fused-ring (bicyclic) bond motifs is 1. The van der Waals surface area contributed by atoms with Crippen molar-refractivity contribution < 1.29 is 14.4 Å². The van der Waals surface area contributed by atoms with E-state index >= 15 is 0 Å². The van der Waals surface area contributed by atoms with Crippen LogP contribution in [0.4, 0.5) is 4.79 Å². The number of urea groups is 1. The maximum Gasteiger partial charge on any atom is 0.317 e. The summed E-state index contributed by atoms with van der Waals surface area (Å²) in [5.74, 6) is 0.383. The number of hydrogen-bond donors (Lipinski definition) is 3.